The van der Waals surface area contributed by atoms with Gasteiger partial charge in [-0.1, -0.05) is 0 Å². The Labute approximate surface area is 160 Å². The molecule has 2 rings (SSSR count). The number of benzene rings is 1. The van der Waals surface area contributed by atoms with Crippen molar-refractivity contribution in [2.75, 3.05) is 36.9 Å². The summed E-state index contributed by atoms with van der Waals surface area (Å²) in [6.45, 7) is 5.76. The average molecular weight is 429 g/mol. The van der Waals surface area contributed by atoms with E-state index in [1.165, 1.54) is 11.0 Å². The van der Waals surface area contributed by atoms with Gasteiger partial charge in [-0.05, 0) is 42.8 Å². The molecule has 1 aliphatic rings. The third kappa shape index (κ3) is 4.19. The Hall–Kier alpha value is -2.05. The molecule has 0 aliphatic carbocycles. The van der Waals surface area contributed by atoms with Gasteiger partial charge in [0, 0.05) is 24.1 Å². The Bertz CT molecular complexity index is 745. The highest BCUT2D eigenvalue weighted by atomic mass is 79.9. The molecule has 0 saturated carbocycles. The lowest BCUT2D eigenvalue weighted by molar-refractivity contribution is 0.00701. The van der Waals surface area contributed by atoms with Crippen LogP contribution in [0.2, 0.25) is 0 Å². The first kappa shape index (κ1) is 20.3. The number of anilines is 2. The van der Waals surface area contributed by atoms with E-state index in [0.717, 1.165) is 0 Å². The van der Waals surface area contributed by atoms with Gasteiger partial charge >= 0.3 is 6.09 Å². The van der Waals surface area contributed by atoms with Gasteiger partial charge < -0.3 is 20.5 Å². The maximum absolute atomic E-state index is 14.7. The zero-order valence-electron chi connectivity index (χ0n) is 14.9. The highest BCUT2D eigenvalue weighted by Gasteiger charge is 2.35. The van der Waals surface area contributed by atoms with Crippen molar-refractivity contribution in [2.45, 2.75) is 32.4 Å². The van der Waals surface area contributed by atoms with Crippen molar-refractivity contribution in [3.63, 3.8) is 0 Å². The van der Waals surface area contributed by atoms with E-state index in [4.69, 9.17) is 15.7 Å². The minimum Gasteiger partial charge on any atom is -0.444 e. The van der Waals surface area contributed by atoms with Crippen LogP contribution in [0, 0.1) is 17.1 Å². The number of rotatable bonds is 2. The van der Waals surface area contributed by atoms with Crippen LogP contribution in [0.25, 0.3) is 0 Å². The smallest absolute Gasteiger partial charge is 0.410 e. The Kier molecular flexibility index (Phi) is 5.98. The molecular weight excluding hydrogens is 407 g/mol. The van der Waals surface area contributed by atoms with Gasteiger partial charge in [0.05, 0.1) is 24.0 Å². The van der Waals surface area contributed by atoms with E-state index in [0.29, 0.717) is 11.0 Å². The molecule has 1 fully saturated rings. The number of halogens is 2. The molecule has 0 radical (unpaired) electrons. The zero-order valence-corrected chi connectivity index (χ0v) is 16.5. The van der Waals surface area contributed by atoms with Crippen LogP contribution in [0.15, 0.2) is 10.5 Å². The molecule has 0 spiro atoms. The first-order chi connectivity index (χ1) is 12.1. The molecule has 9 heteroatoms. The number of nitrogens with zero attached hydrogens (tertiary/aromatic N) is 3. The topological polar surface area (TPSA) is 103 Å². The fourth-order valence-corrected chi connectivity index (χ4v) is 3.48. The molecule has 1 aromatic rings. The van der Waals surface area contributed by atoms with E-state index < -0.39 is 23.6 Å². The monoisotopic (exact) mass is 428 g/mol. The van der Waals surface area contributed by atoms with Gasteiger partial charge in [0.2, 0.25) is 0 Å². The van der Waals surface area contributed by atoms with E-state index in [1.807, 2.05) is 0 Å². The molecule has 0 bridgehead atoms. The summed E-state index contributed by atoms with van der Waals surface area (Å²) in [6.07, 6.45) is -0.522. The number of amides is 1. The number of nitriles is 1. The quantitative estimate of drug-likeness (QED) is 0.701. The second-order valence-electron chi connectivity index (χ2n) is 7.05. The number of aliphatic hydroxyl groups excluding tert-OH is 1. The molecule has 1 heterocycles. The molecule has 1 atom stereocenters. The molecule has 1 unspecified atom stereocenters. The highest BCUT2D eigenvalue weighted by Crippen LogP contribution is 2.36. The second kappa shape index (κ2) is 7.68. The van der Waals surface area contributed by atoms with Gasteiger partial charge in [-0.2, -0.15) is 5.26 Å². The molecule has 1 saturated heterocycles. The zero-order chi connectivity index (χ0) is 19.6. The van der Waals surface area contributed by atoms with Crippen molar-refractivity contribution in [3.05, 3.63) is 21.9 Å². The Morgan fingerprint density at radius 1 is 1.54 bits per heavy atom. The number of nitrogen functional groups attached to an aromatic ring is 1. The van der Waals surface area contributed by atoms with Gasteiger partial charge in [-0.3, -0.25) is 4.90 Å². The summed E-state index contributed by atoms with van der Waals surface area (Å²) in [5.74, 6) is -0.721. The number of nitrogens with two attached hydrogens (primary N) is 1. The van der Waals surface area contributed by atoms with E-state index in [2.05, 4.69) is 15.9 Å². The Balaban J connectivity index is 2.27. The summed E-state index contributed by atoms with van der Waals surface area (Å²) >= 11 is 3.28. The average Bonchev–Trinajstić information content (AvgIpc) is 2.52. The SMILES string of the molecule is CC(C)(C)OC(=O)N1CCN(c2c(Br)cc(N)c(C#N)c2F)CC1CO. The first-order valence-corrected chi connectivity index (χ1v) is 8.91. The normalized spacial score (nSPS) is 17.8. The van der Waals surface area contributed by atoms with Crippen LogP contribution in [0.5, 0.6) is 0 Å². The van der Waals surface area contributed by atoms with Crippen LogP contribution < -0.4 is 10.6 Å². The summed E-state index contributed by atoms with van der Waals surface area (Å²) < 4.78 is 20.5. The number of aliphatic hydroxyl groups is 1. The van der Waals surface area contributed by atoms with Gasteiger partial charge in [0.15, 0.2) is 5.82 Å². The fourth-order valence-electron chi connectivity index (χ4n) is 2.81. The van der Waals surface area contributed by atoms with Crippen molar-refractivity contribution in [3.8, 4) is 6.07 Å². The molecular formula is C17H22BrFN4O3. The molecule has 1 amide bonds. The van der Waals surface area contributed by atoms with Crippen molar-refractivity contribution in [1.29, 1.82) is 5.26 Å². The summed E-state index contributed by atoms with van der Waals surface area (Å²) in [6, 6.07) is 2.68. The minimum absolute atomic E-state index is 0.0479. The molecule has 0 aromatic heterocycles. The predicted molar refractivity (Wildman–Crippen MR) is 99.3 cm³/mol. The number of ether oxygens (including phenoxy) is 1. The van der Waals surface area contributed by atoms with Crippen molar-refractivity contribution in [1.82, 2.24) is 4.90 Å². The van der Waals surface area contributed by atoms with E-state index in [9.17, 15) is 14.3 Å². The minimum atomic E-state index is -0.721. The van der Waals surface area contributed by atoms with E-state index >= 15 is 0 Å². The number of hydrogen-bond donors (Lipinski definition) is 2. The van der Waals surface area contributed by atoms with Crippen molar-refractivity contribution in [2.24, 2.45) is 0 Å². The van der Waals surface area contributed by atoms with Crippen molar-refractivity contribution < 1.29 is 19.0 Å². The Morgan fingerprint density at radius 3 is 2.73 bits per heavy atom. The number of carbonyl (C=O) groups excluding carboxylic acids is 1. The largest absolute Gasteiger partial charge is 0.444 e. The molecule has 1 aliphatic heterocycles. The van der Waals surface area contributed by atoms with Crippen molar-refractivity contribution >= 4 is 33.4 Å². The van der Waals surface area contributed by atoms with Crippen LogP contribution in [0.1, 0.15) is 26.3 Å². The van der Waals surface area contributed by atoms with Crippen LogP contribution >= 0.6 is 15.9 Å². The van der Waals surface area contributed by atoms with E-state index in [1.54, 1.807) is 31.7 Å². The van der Waals surface area contributed by atoms with Crippen LogP contribution in [0.3, 0.4) is 0 Å². The standard InChI is InChI=1S/C17H22BrFN4O3/c1-17(2,3)26-16(25)23-5-4-22(8-10(23)9-24)15-12(18)6-13(21)11(7-20)14(15)19/h6,10,24H,4-5,8-9,21H2,1-3H3. The lowest BCUT2D eigenvalue weighted by Gasteiger charge is -2.42. The van der Waals surface area contributed by atoms with Crippen LogP contribution in [-0.4, -0.2) is 54.0 Å². The van der Waals surface area contributed by atoms with Gasteiger partial charge in [0.1, 0.15) is 17.2 Å². The van der Waals surface area contributed by atoms with Gasteiger partial charge in [0.25, 0.3) is 0 Å². The third-order valence-electron chi connectivity index (χ3n) is 3.97. The number of carbonyl (C=O) groups is 1. The molecule has 3 N–H and O–H groups in total. The molecule has 142 valence electrons. The summed E-state index contributed by atoms with van der Waals surface area (Å²) in [5, 5.41) is 18.8. The second-order valence-corrected chi connectivity index (χ2v) is 7.91. The molecule has 7 nitrogen and oxygen atoms in total. The molecule has 26 heavy (non-hydrogen) atoms. The molecule has 1 aromatic carbocycles. The lowest BCUT2D eigenvalue weighted by Crippen LogP contribution is -2.57. The highest BCUT2D eigenvalue weighted by molar-refractivity contribution is 9.10. The van der Waals surface area contributed by atoms with E-state index in [-0.39, 0.29) is 36.6 Å². The fraction of sp³-hybridized carbons (Fsp3) is 0.529. The van der Waals surface area contributed by atoms with Gasteiger partial charge in [-0.15, -0.1) is 0 Å². The first-order valence-electron chi connectivity index (χ1n) is 8.12. The number of hydrogen-bond acceptors (Lipinski definition) is 6. The lowest BCUT2D eigenvalue weighted by atomic mass is 10.1. The summed E-state index contributed by atoms with van der Waals surface area (Å²) in [5.41, 5.74) is 5.05. The maximum Gasteiger partial charge on any atom is 0.410 e. The van der Waals surface area contributed by atoms with Gasteiger partial charge in [-0.25, -0.2) is 9.18 Å². The third-order valence-corrected chi connectivity index (χ3v) is 4.58. The van der Waals surface area contributed by atoms with Crippen LogP contribution in [0.4, 0.5) is 20.6 Å². The predicted octanol–water partition coefficient (Wildman–Crippen LogP) is 2.46. The Morgan fingerprint density at radius 2 is 2.19 bits per heavy atom. The number of piperazine rings is 1. The van der Waals surface area contributed by atoms with Crippen LogP contribution in [-0.2, 0) is 4.74 Å². The summed E-state index contributed by atoms with van der Waals surface area (Å²) in [4.78, 5) is 15.5. The summed E-state index contributed by atoms with van der Waals surface area (Å²) in [7, 11) is 0. The maximum atomic E-state index is 14.7.